The monoisotopic (exact) mass is 260 g/mol. The average Bonchev–Trinajstić information content (AvgIpc) is 2.89. The molecule has 1 atom stereocenters. The van der Waals surface area contributed by atoms with Gasteiger partial charge in [0.15, 0.2) is 0 Å². The molecule has 2 rings (SSSR count). The van der Waals surface area contributed by atoms with E-state index >= 15 is 0 Å². The summed E-state index contributed by atoms with van der Waals surface area (Å²) < 4.78 is 5.51. The molecule has 0 saturated heterocycles. The fourth-order valence-electron chi connectivity index (χ4n) is 2.68. The van der Waals surface area contributed by atoms with Gasteiger partial charge in [0.05, 0.1) is 23.7 Å². The lowest BCUT2D eigenvalue weighted by Gasteiger charge is -2.27. The van der Waals surface area contributed by atoms with Crippen LogP contribution in [0.15, 0.2) is 18.2 Å². The highest BCUT2D eigenvalue weighted by atomic mass is 16.5. The van der Waals surface area contributed by atoms with E-state index in [-0.39, 0.29) is 5.41 Å². The molecule has 0 radical (unpaired) electrons. The third kappa shape index (κ3) is 2.46. The van der Waals surface area contributed by atoms with Crippen LogP contribution < -0.4 is 4.74 Å². The van der Waals surface area contributed by atoms with Crippen LogP contribution in [-0.2, 0) is 5.41 Å². The van der Waals surface area contributed by atoms with Crippen molar-refractivity contribution in [2.24, 2.45) is 0 Å². The van der Waals surface area contributed by atoms with Crippen LogP contribution in [0.25, 0.3) is 10.9 Å². The minimum atomic E-state index is 0.114. The number of hydrogen-bond acceptors (Lipinski definition) is 2. The molecular weight excluding hydrogens is 236 g/mol. The van der Waals surface area contributed by atoms with E-state index in [1.54, 1.807) is 7.11 Å². The van der Waals surface area contributed by atoms with Gasteiger partial charge in [0.1, 0.15) is 5.75 Å². The molecule has 2 aromatic rings. The Morgan fingerprint density at radius 1 is 1.32 bits per heavy atom. The van der Waals surface area contributed by atoms with Crippen molar-refractivity contribution in [1.29, 1.82) is 0 Å². The Kier molecular flexibility index (Phi) is 4.13. The molecule has 0 fully saturated rings. The summed E-state index contributed by atoms with van der Waals surface area (Å²) in [5.41, 5.74) is 2.32. The first-order valence-electron chi connectivity index (χ1n) is 7.17. The summed E-state index contributed by atoms with van der Waals surface area (Å²) in [6.07, 6.45) is 4.70. The highest BCUT2D eigenvalue weighted by molar-refractivity contribution is 5.88. The zero-order valence-electron chi connectivity index (χ0n) is 12.4. The number of nitrogens with one attached hydrogen (secondary N) is 1. The summed E-state index contributed by atoms with van der Waals surface area (Å²) in [4.78, 5) is 0. The second-order valence-corrected chi connectivity index (χ2v) is 5.47. The van der Waals surface area contributed by atoms with Gasteiger partial charge in [-0.3, -0.25) is 5.10 Å². The summed E-state index contributed by atoms with van der Waals surface area (Å²) in [5.74, 6) is 0.914. The molecule has 0 amide bonds. The third-order valence-electron chi connectivity index (χ3n) is 4.21. The van der Waals surface area contributed by atoms with Crippen LogP contribution in [0, 0.1) is 0 Å². The summed E-state index contributed by atoms with van der Waals surface area (Å²) in [5, 5.41) is 8.89. The molecule has 1 aromatic heterocycles. The fraction of sp³-hybridized carbons (Fsp3) is 0.562. The number of benzene rings is 1. The van der Waals surface area contributed by atoms with Gasteiger partial charge in [-0.15, -0.1) is 0 Å². The van der Waals surface area contributed by atoms with Crippen molar-refractivity contribution < 1.29 is 4.74 Å². The van der Waals surface area contributed by atoms with Crippen molar-refractivity contribution in [3.8, 4) is 5.75 Å². The highest BCUT2D eigenvalue weighted by Crippen LogP contribution is 2.39. The maximum Gasteiger partial charge on any atom is 0.130 e. The van der Waals surface area contributed by atoms with Gasteiger partial charge in [0.25, 0.3) is 0 Å². The van der Waals surface area contributed by atoms with E-state index in [1.165, 1.54) is 12.8 Å². The molecule has 1 unspecified atom stereocenters. The minimum Gasteiger partial charge on any atom is -0.496 e. The smallest absolute Gasteiger partial charge is 0.130 e. The number of fused-ring (bicyclic) bond motifs is 1. The molecule has 3 nitrogen and oxygen atoms in total. The SMILES string of the molecule is CCCCC(C)(CC)c1n[nH]c2cccc(OC)c12. The first-order chi connectivity index (χ1) is 9.16. The number of unbranched alkanes of at least 4 members (excludes halogenated alkanes) is 1. The van der Waals surface area contributed by atoms with E-state index in [2.05, 4.69) is 37.0 Å². The first kappa shape index (κ1) is 13.9. The lowest BCUT2D eigenvalue weighted by Crippen LogP contribution is -2.21. The largest absolute Gasteiger partial charge is 0.496 e. The van der Waals surface area contributed by atoms with Crippen LogP contribution in [0.5, 0.6) is 5.75 Å². The van der Waals surface area contributed by atoms with Gasteiger partial charge in [0, 0.05) is 5.41 Å². The zero-order chi connectivity index (χ0) is 13.9. The lowest BCUT2D eigenvalue weighted by molar-refractivity contribution is 0.390. The summed E-state index contributed by atoms with van der Waals surface area (Å²) >= 11 is 0. The molecule has 0 saturated carbocycles. The van der Waals surface area contributed by atoms with Crippen molar-refractivity contribution in [2.45, 2.75) is 51.9 Å². The van der Waals surface area contributed by atoms with Crippen LogP contribution in [0.1, 0.15) is 52.1 Å². The Balaban J connectivity index is 2.54. The Labute approximate surface area is 115 Å². The lowest BCUT2D eigenvalue weighted by atomic mass is 9.78. The van der Waals surface area contributed by atoms with Crippen LogP contribution in [0.4, 0.5) is 0 Å². The number of rotatable bonds is 6. The Morgan fingerprint density at radius 3 is 2.74 bits per heavy atom. The molecule has 19 heavy (non-hydrogen) atoms. The quantitative estimate of drug-likeness (QED) is 0.834. The van der Waals surface area contributed by atoms with Crippen LogP contribution >= 0.6 is 0 Å². The van der Waals surface area contributed by atoms with Crippen molar-refractivity contribution in [3.05, 3.63) is 23.9 Å². The van der Waals surface area contributed by atoms with Crippen LogP contribution in [0.2, 0.25) is 0 Å². The average molecular weight is 260 g/mol. The van der Waals surface area contributed by atoms with E-state index in [9.17, 15) is 0 Å². The summed E-state index contributed by atoms with van der Waals surface area (Å²) in [7, 11) is 1.72. The van der Waals surface area contributed by atoms with Gasteiger partial charge in [-0.1, -0.05) is 39.7 Å². The van der Waals surface area contributed by atoms with Crippen LogP contribution in [-0.4, -0.2) is 17.3 Å². The molecule has 1 N–H and O–H groups in total. The maximum absolute atomic E-state index is 5.51. The van der Waals surface area contributed by atoms with Gasteiger partial charge < -0.3 is 4.74 Å². The molecule has 1 aromatic carbocycles. The molecule has 104 valence electrons. The van der Waals surface area contributed by atoms with Crippen molar-refractivity contribution in [1.82, 2.24) is 10.2 Å². The summed E-state index contributed by atoms with van der Waals surface area (Å²) in [6.45, 7) is 6.79. The predicted octanol–water partition coefficient (Wildman–Crippen LogP) is 4.43. The van der Waals surface area contributed by atoms with Gasteiger partial charge in [-0.25, -0.2) is 0 Å². The first-order valence-corrected chi connectivity index (χ1v) is 7.17. The Bertz CT molecular complexity index is 547. The number of H-pyrrole nitrogens is 1. The molecule has 3 heteroatoms. The second kappa shape index (κ2) is 5.64. The van der Waals surface area contributed by atoms with Gasteiger partial charge in [0.2, 0.25) is 0 Å². The number of methoxy groups -OCH3 is 1. The zero-order valence-corrected chi connectivity index (χ0v) is 12.4. The van der Waals surface area contributed by atoms with E-state index in [4.69, 9.17) is 4.74 Å². The Morgan fingerprint density at radius 2 is 2.11 bits per heavy atom. The number of aromatic amines is 1. The second-order valence-electron chi connectivity index (χ2n) is 5.47. The van der Waals surface area contributed by atoms with Crippen molar-refractivity contribution >= 4 is 10.9 Å². The normalized spacial score (nSPS) is 14.5. The predicted molar refractivity (Wildman–Crippen MR) is 79.8 cm³/mol. The topological polar surface area (TPSA) is 37.9 Å². The van der Waals surface area contributed by atoms with Crippen LogP contribution in [0.3, 0.4) is 0 Å². The molecule has 1 heterocycles. The van der Waals surface area contributed by atoms with E-state index in [0.717, 1.165) is 35.2 Å². The molecule has 0 bridgehead atoms. The van der Waals surface area contributed by atoms with E-state index in [1.807, 2.05) is 12.1 Å². The third-order valence-corrected chi connectivity index (χ3v) is 4.21. The minimum absolute atomic E-state index is 0.114. The number of ether oxygens (including phenoxy) is 1. The molecule has 0 aliphatic heterocycles. The molecular formula is C16H24N2O. The van der Waals surface area contributed by atoms with Gasteiger partial charge >= 0.3 is 0 Å². The number of aromatic nitrogens is 2. The van der Waals surface area contributed by atoms with Gasteiger partial charge in [-0.2, -0.15) is 5.10 Å². The number of nitrogens with zero attached hydrogens (tertiary/aromatic N) is 1. The van der Waals surface area contributed by atoms with Crippen molar-refractivity contribution in [2.75, 3.05) is 7.11 Å². The maximum atomic E-state index is 5.51. The molecule has 0 aliphatic rings. The molecule has 0 aliphatic carbocycles. The van der Waals surface area contributed by atoms with E-state index in [0.29, 0.717) is 0 Å². The van der Waals surface area contributed by atoms with Crippen molar-refractivity contribution in [3.63, 3.8) is 0 Å². The fourth-order valence-corrected chi connectivity index (χ4v) is 2.68. The summed E-state index contributed by atoms with van der Waals surface area (Å²) in [6, 6.07) is 6.07. The number of hydrogen-bond donors (Lipinski definition) is 1. The molecule has 0 spiro atoms. The highest BCUT2D eigenvalue weighted by Gasteiger charge is 2.30. The van der Waals surface area contributed by atoms with Gasteiger partial charge in [-0.05, 0) is 25.0 Å². The Hall–Kier alpha value is -1.51. The van der Waals surface area contributed by atoms with E-state index < -0.39 is 0 Å². The standard InChI is InChI=1S/C16H24N2O/c1-5-7-11-16(3,6-2)15-14-12(17-18-15)9-8-10-13(14)19-4/h8-10H,5-7,11H2,1-4H3,(H,17,18).